The number of likely N-dealkylation sites (N-methyl/N-ethyl adjacent to an activating group) is 1. The first kappa shape index (κ1) is 14.3. The molecule has 0 radical (unpaired) electrons. The number of ether oxygens (including phenoxy) is 1. The highest BCUT2D eigenvalue weighted by Crippen LogP contribution is 2.16. The number of H-pyrrole nitrogens is 1. The third kappa shape index (κ3) is 2.75. The van der Waals surface area contributed by atoms with Gasteiger partial charge in [-0.15, -0.1) is 0 Å². The van der Waals surface area contributed by atoms with E-state index in [9.17, 15) is 4.79 Å². The number of aromatic nitrogens is 2. The number of rotatable bonds is 5. The molecule has 2 rings (SSSR count). The van der Waals surface area contributed by atoms with Crippen LogP contribution in [-0.2, 0) is 4.74 Å². The number of methoxy groups -OCH3 is 1. The molecule has 0 amide bonds. The van der Waals surface area contributed by atoms with Crippen molar-refractivity contribution in [3.63, 3.8) is 0 Å². The van der Waals surface area contributed by atoms with Gasteiger partial charge in [0.1, 0.15) is 0 Å². The minimum absolute atomic E-state index is 0.124. The van der Waals surface area contributed by atoms with Crippen molar-refractivity contribution < 1.29 is 4.74 Å². The number of benzene rings is 1. The van der Waals surface area contributed by atoms with Gasteiger partial charge in [0.2, 0.25) is 5.95 Å². The van der Waals surface area contributed by atoms with Gasteiger partial charge in [0.25, 0.3) is 5.56 Å². The van der Waals surface area contributed by atoms with Gasteiger partial charge in [-0.25, -0.2) is 4.98 Å². The topological polar surface area (TPSA) is 84.2 Å². The summed E-state index contributed by atoms with van der Waals surface area (Å²) in [5.41, 5.74) is 6.71. The number of nitrogens with zero attached hydrogens (tertiary/aromatic N) is 2. The van der Waals surface area contributed by atoms with E-state index in [4.69, 9.17) is 10.5 Å². The van der Waals surface area contributed by atoms with Crippen molar-refractivity contribution in [3.8, 4) is 0 Å². The Morgan fingerprint density at radius 3 is 2.90 bits per heavy atom. The number of nitrogens with one attached hydrogen (secondary N) is 1. The number of anilines is 2. The second kappa shape index (κ2) is 5.92. The normalized spacial score (nSPS) is 12.6. The third-order valence-corrected chi connectivity index (χ3v) is 3.27. The zero-order valence-electron chi connectivity index (χ0n) is 12.0. The zero-order chi connectivity index (χ0) is 14.7. The molecule has 0 aliphatic rings. The molecule has 108 valence electrons. The van der Waals surface area contributed by atoms with E-state index in [-0.39, 0.29) is 11.6 Å². The van der Waals surface area contributed by atoms with E-state index < -0.39 is 0 Å². The van der Waals surface area contributed by atoms with E-state index >= 15 is 0 Å². The molecule has 0 saturated heterocycles. The largest absolute Gasteiger partial charge is 0.399 e. The van der Waals surface area contributed by atoms with Crippen LogP contribution in [0.5, 0.6) is 0 Å². The van der Waals surface area contributed by atoms with Gasteiger partial charge >= 0.3 is 0 Å². The highest BCUT2D eigenvalue weighted by molar-refractivity contribution is 5.81. The Morgan fingerprint density at radius 2 is 2.25 bits per heavy atom. The van der Waals surface area contributed by atoms with Gasteiger partial charge in [-0.2, -0.15) is 0 Å². The Bertz CT molecular complexity index is 653. The number of nitrogen functional groups attached to an aromatic ring is 1. The molecule has 0 saturated carbocycles. The van der Waals surface area contributed by atoms with Crippen LogP contribution >= 0.6 is 0 Å². The van der Waals surface area contributed by atoms with Crippen molar-refractivity contribution in [1.82, 2.24) is 9.97 Å². The van der Waals surface area contributed by atoms with Crippen LogP contribution in [0, 0.1) is 0 Å². The van der Waals surface area contributed by atoms with E-state index in [1.165, 1.54) is 0 Å². The summed E-state index contributed by atoms with van der Waals surface area (Å²) in [5.74, 6) is 0.555. The molecule has 1 heterocycles. The van der Waals surface area contributed by atoms with Crippen molar-refractivity contribution in [2.75, 3.05) is 30.9 Å². The van der Waals surface area contributed by atoms with E-state index in [1.54, 1.807) is 25.3 Å². The average molecular weight is 276 g/mol. The maximum absolute atomic E-state index is 12.1. The van der Waals surface area contributed by atoms with Crippen molar-refractivity contribution in [2.45, 2.75) is 19.9 Å². The zero-order valence-corrected chi connectivity index (χ0v) is 12.0. The molecule has 1 atom stereocenters. The second-order valence-corrected chi connectivity index (χ2v) is 4.76. The highest BCUT2D eigenvalue weighted by Gasteiger charge is 2.16. The fraction of sp³-hybridized carbons (Fsp3) is 0.429. The summed E-state index contributed by atoms with van der Waals surface area (Å²) < 4.78 is 5.16. The lowest BCUT2D eigenvalue weighted by molar-refractivity contribution is 0.181. The number of fused-ring (bicyclic) bond motifs is 1. The minimum Gasteiger partial charge on any atom is -0.399 e. The first-order chi connectivity index (χ1) is 9.56. The molecule has 3 N–H and O–H groups in total. The van der Waals surface area contributed by atoms with Crippen LogP contribution in [0.25, 0.3) is 10.9 Å². The van der Waals surface area contributed by atoms with Gasteiger partial charge in [0.15, 0.2) is 0 Å². The van der Waals surface area contributed by atoms with Crippen molar-refractivity contribution in [3.05, 3.63) is 28.6 Å². The number of hydrogen-bond acceptors (Lipinski definition) is 5. The van der Waals surface area contributed by atoms with Gasteiger partial charge in [0, 0.05) is 19.3 Å². The van der Waals surface area contributed by atoms with Gasteiger partial charge in [0.05, 0.1) is 23.6 Å². The van der Waals surface area contributed by atoms with Crippen molar-refractivity contribution in [2.24, 2.45) is 0 Å². The third-order valence-electron chi connectivity index (χ3n) is 3.27. The monoisotopic (exact) mass is 276 g/mol. The summed E-state index contributed by atoms with van der Waals surface area (Å²) in [6, 6.07) is 5.27. The fourth-order valence-corrected chi connectivity index (χ4v) is 2.28. The van der Waals surface area contributed by atoms with Gasteiger partial charge in [-0.1, -0.05) is 0 Å². The molecule has 1 unspecified atom stereocenters. The van der Waals surface area contributed by atoms with Gasteiger partial charge in [-0.05, 0) is 32.0 Å². The molecular formula is C14H20N4O2. The summed E-state index contributed by atoms with van der Waals surface area (Å²) in [6.07, 6.45) is 0. The van der Waals surface area contributed by atoms with E-state index in [2.05, 4.69) is 9.97 Å². The molecule has 0 aliphatic heterocycles. The summed E-state index contributed by atoms with van der Waals surface area (Å²) >= 11 is 0. The Morgan fingerprint density at radius 1 is 1.50 bits per heavy atom. The summed E-state index contributed by atoms with van der Waals surface area (Å²) in [6.45, 7) is 5.34. The first-order valence-electron chi connectivity index (χ1n) is 6.62. The van der Waals surface area contributed by atoms with Crippen LogP contribution in [0.4, 0.5) is 11.6 Å². The molecule has 0 spiro atoms. The van der Waals surface area contributed by atoms with Crippen molar-refractivity contribution >= 4 is 22.5 Å². The average Bonchev–Trinajstić information content (AvgIpc) is 2.41. The summed E-state index contributed by atoms with van der Waals surface area (Å²) in [4.78, 5) is 21.5. The van der Waals surface area contributed by atoms with E-state index in [1.807, 2.05) is 18.7 Å². The molecule has 2 aromatic rings. The Balaban J connectivity index is 2.49. The maximum atomic E-state index is 12.1. The van der Waals surface area contributed by atoms with E-state index in [0.29, 0.717) is 29.1 Å². The predicted octanol–water partition coefficient (Wildman–Crippen LogP) is 1.37. The van der Waals surface area contributed by atoms with Gasteiger partial charge in [-0.3, -0.25) is 9.78 Å². The maximum Gasteiger partial charge on any atom is 0.260 e. The van der Waals surface area contributed by atoms with Crippen LogP contribution < -0.4 is 16.2 Å². The van der Waals surface area contributed by atoms with Crippen molar-refractivity contribution in [1.29, 1.82) is 0 Å². The van der Waals surface area contributed by atoms with Crippen LogP contribution in [0.15, 0.2) is 23.0 Å². The predicted molar refractivity (Wildman–Crippen MR) is 81.1 cm³/mol. The highest BCUT2D eigenvalue weighted by atomic mass is 16.5. The molecule has 0 aliphatic carbocycles. The van der Waals surface area contributed by atoms with E-state index in [0.717, 1.165) is 6.54 Å². The molecule has 6 nitrogen and oxygen atoms in total. The van der Waals surface area contributed by atoms with Crippen LogP contribution in [-0.4, -0.2) is 36.3 Å². The van der Waals surface area contributed by atoms with Crippen LogP contribution in [0.2, 0.25) is 0 Å². The van der Waals surface area contributed by atoms with Gasteiger partial charge < -0.3 is 15.4 Å². The number of hydrogen-bond donors (Lipinski definition) is 2. The Hall–Kier alpha value is -2.08. The standard InChI is InChI=1S/C14H20N4O2/c1-4-18(9(2)8-20-3)14-16-12-6-5-10(15)7-11(12)13(19)17-14/h5-7,9H,4,8,15H2,1-3H3,(H,16,17,19). The smallest absolute Gasteiger partial charge is 0.260 e. The molecule has 6 heteroatoms. The molecule has 0 fully saturated rings. The fourth-order valence-electron chi connectivity index (χ4n) is 2.28. The first-order valence-corrected chi connectivity index (χ1v) is 6.62. The molecule has 1 aromatic carbocycles. The molecule has 0 bridgehead atoms. The minimum atomic E-state index is -0.180. The molecule has 20 heavy (non-hydrogen) atoms. The van der Waals surface area contributed by atoms with Crippen LogP contribution in [0.1, 0.15) is 13.8 Å². The Labute approximate surface area is 117 Å². The number of aromatic amines is 1. The summed E-state index contributed by atoms with van der Waals surface area (Å²) in [5, 5.41) is 0.504. The SMILES string of the molecule is CCN(c1nc2ccc(N)cc2c(=O)[nH]1)C(C)COC. The lowest BCUT2D eigenvalue weighted by Crippen LogP contribution is -2.38. The number of nitrogens with two attached hydrogens (primary N) is 1. The second-order valence-electron chi connectivity index (χ2n) is 4.76. The molecule has 1 aromatic heterocycles. The lowest BCUT2D eigenvalue weighted by atomic mass is 10.2. The Kier molecular flexibility index (Phi) is 4.24. The quantitative estimate of drug-likeness (QED) is 0.806. The van der Waals surface area contributed by atoms with Crippen LogP contribution in [0.3, 0.4) is 0 Å². The molecular weight excluding hydrogens is 256 g/mol. The lowest BCUT2D eigenvalue weighted by Gasteiger charge is -2.28. The summed E-state index contributed by atoms with van der Waals surface area (Å²) in [7, 11) is 1.66.